The summed E-state index contributed by atoms with van der Waals surface area (Å²) in [6, 6.07) is 5.45. The lowest BCUT2D eigenvalue weighted by Gasteiger charge is -2.24. The maximum atomic E-state index is 11.7. The predicted octanol–water partition coefficient (Wildman–Crippen LogP) is 4.23. The first-order valence-electron chi connectivity index (χ1n) is 5.40. The molecule has 1 saturated carbocycles. The van der Waals surface area contributed by atoms with Gasteiger partial charge in [0.05, 0.1) is 15.2 Å². The molecule has 0 aliphatic heterocycles. The Balaban J connectivity index is 1.97. The van der Waals surface area contributed by atoms with Crippen molar-refractivity contribution in [1.82, 2.24) is 0 Å². The second-order valence-electron chi connectivity index (χ2n) is 4.15. The van der Waals surface area contributed by atoms with E-state index in [0.29, 0.717) is 17.4 Å². The molecule has 1 aliphatic carbocycles. The van der Waals surface area contributed by atoms with Gasteiger partial charge in [-0.2, -0.15) is 0 Å². The van der Waals surface area contributed by atoms with Crippen LogP contribution < -0.4 is 5.32 Å². The van der Waals surface area contributed by atoms with Crippen LogP contribution in [-0.4, -0.2) is 5.91 Å². The fourth-order valence-corrected chi connectivity index (χ4v) is 2.30. The number of hydrogen-bond donors (Lipinski definition) is 1. The van der Waals surface area contributed by atoms with Gasteiger partial charge in [-0.3, -0.25) is 4.79 Å². The topological polar surface area (TPSA) is 29.1 Å². The van der Waals surface area contributed by atoms with Gasteiger partial charge < -0.3 is 5.32 Å². The van der Waals surface area contributed by atoms with Gasteiger partial charge in [-0.25, -0.2) is 0 Å². The summed E-state index contributed by atoms with van der Waals surface area (Å²) >= 11 is 9.30. The second kappa shape index (κ2) is 5.19. The number of amides is 1. The summed E-state index contributed by atoms with van der Waals surface area (Å²) in [4.78, 5) is 11.7. The minimum absolute atomic E-state index is 0.0765. The van der Waals surface area contributed by atoms with E-state index >= 15 is 0 Å². The summed E-state index contributed by atoms with van der Waals surface area (Å²) in [5.74, 6) is 0.658. The highest BCUT2D eigenvalue weighted by molar-refractivity contribution is 9.10. The molecule has 0 spiro atoms. The van der Waals surface area contributed by atoms with E-state index in [0.717, 1.165) is 10.2 Å². The van der Waals surface area contributed by atoms with Crippen LogP contribution in [0.15, 0.2) is 22.7 Å². The lowest BCUT2D eigenvalue weighted by Crippen LogP contribution is -2.21. The fraction of sp³-hybridized carbons (Fsp3) is 0.417. The molecule has 0 saturated heterocycles. The van der Waals surface area contributed by atoms with Crippen LogP contribution in [0.5, 0.6) is 0 Å². The van der Waals surface area contributed by atoms with Crippen molar-refractivity contribution in [2.75, 3.05) is 5.32 Å². The third-order valence-electron chi connectivity index (χ3n) is 2.92. The van der Waals surface area contributed by atoms with E-state index in [1.54, 1.807) is 6.07 Å². The molecule has 0 aromatic heterocycles. The average molecular weight is 303 g/mol. The van der Waals surface area contributed by atoms with E-state index in [4.69, 9.17) is 11.6 Å². The second-order valence-corrected chi connectivity index (χ2v) is 5.35. The predicted molar refractivity (Wildman–Crippen MR) is 69.7 cm³/mol. The zero-order valence-electron chi connectivity index (χ0n) is 8.80. The Labute approximate surface area is 108 Å². The van der Waals surface area contributed by atoms with Crippen molar-refractivity contribution in [2.45, 2.75) is 25.7 Å². The summed E-state index contributed by atoms with van der Waals surface area (Å²) in [6.45, 7) is 0. The van der Waals surface area contributed by atoms with Crippen LogP contribution in [0.1, 0.15) is 25.7 Å². The molecule has 1 fully saturated rings. The Kier molecular flexibility index (Phi) is 3.87. The van der Waals surface area contributed by atoms with Crippen molar-refractivity contribution in [1.29, 1.82) is 0 Å². The van der Waals surface area contributed by atoms with Gasteiger partial charge in [0, 0.05) is 6.42 Å². The molecule has 1 N–H and O–H groups in total. The van der Waals surface area contributed by atoms with Gasteiger partial charge >= 0.3 is 0 Å². The molecule has 0 atom stereocenters. The number of carbonyl (C=O) groups excluding carboxylic acids is 1. The highest BCUT2D eigenvalue weighted by Gasteiger charge is 2.20. The van der Waals surface area contributed by atoms with Gasteiger partial charge in [-0.05, 0) is 46.8 Å². The number of halogens is 2. The SMILES string of the molecule is O=C(CC1CCC1)Nc1cccc(Cl)c1Br. The molecular weight excluding hydrogens is 289 g/mol. The van der Waals surface area contributed by atoms with Crippen LogP contribution in [0.3, 0.4) is 0 Å². The third-order valence-corrected chi connectivity index (χ3v) is 4.32. The van der Waals surface area contributed by atoms with Crippen LogP contribution in [-0.2, 0) is 4.79 Å². The molecule has 1 aromatic carbocycles. The van der Waals surface area contributed by atoms with E-state index in [-0.39, 0.29) is 5.91 Å². The molecule has 0 unspecified atom stereocenters. The summed E-state index contributed by atoms with van der Waals surface area (Å²) < 4.78 is 0.749. The van der Waals surface area contributed by atoms with E-state index in [1.165, 1.54) is 19.3 Å². The van der Waals surface area contributed by atoms with Crippen molar-refractivity contribution >= 4 is 39.1 Å². The maximum absolute atomic E-state index is 11.7. The molecule has 1 aliphatic rings. The van der Waals surface area contributed by atoms with Crippen LogP contribution >= 0.6 is 27.5 Å². The quantitative estimate of drug-likeness (QED) is 0.889. The lowest BCUT2D eigenvalue weighted by molar-refractivity contribution is -0.117. The summed E-state index contributed by atoms with van der Waals surface area (Å²) in [7, 11) is 0. The van der Waals surface area contributed by atoms with Crippen LogP contribution in [0.25, 0.3) is 0 Å². The number of nitrogens with one attached hydrogen (secondary N) is 1. The first-order valence-corrected chi connectivity index (χ1v) is 6.58. The zero-order chi connectivity index (χ0) is 11.5. The van der Waals surface area contributed by atoms with E-state index in [1.807, 2.05) is 12.1 Å². The Morgan fingerprint density at radius 3 is 2.88 bits per heavy atom. The Morgan fingerprint density at radius 2 is 2.25 bits per heavy atom. The Morgan fingerprint density at radius 1 is 1.50 bits per heavy atom. The minimum Gasteiger partial charge on any atom is -0.325 e. The fourth-order valence-electron chi connectivity index (χ4n) is 1.76. The molecule has 1 aromatic rings. The molecule has 1 amide bonds. The number of hydrogen-bond acceptors (Lipinski definition) is 1. The standard InChI is InChI=1S/C12H13BrClNO/c13-12-9(14)5-2-6-10(12)15-11(16)7-8-3-1-4-8/h2,5-6,8H,1,3-4,7H2,(H,15,16). The molecule has 2 nitrogen and oxygen atoms in total. The highest BCUT2D eigenvalue weighted by atomic mass is 79.9. The largest absolute Gasteiger partial charge is 0.325 e. The van der Waals surface area contributed by atoms with Crippen molar-refractivity contribution in [3.63, 3.8) is 0 Å². The van der Waals surface area contributed by atoms with Gasteiger partial charge in [0.15, 0.2) is 0 Å². The summed E-state index contributed by atoms with van der Waals surface area (Å²) in [5.41, 5.74) is 0.747. The molecule has 0 heterocycles. The molecule has 4 heteroatoms. The number of carbonyl (C=O) groups is 1. The van der Waals surface area contributed by atoms with Crippen molar-refractivity contribution in [2.24, 2.45) is 5.92 Å². The third kappa shape index (κ3) is 2.77. The Hall–Kier alpha value is -0.540. The summed E-state index contributed by atoms with van der Waals surface area (Å²) in [5, 5.41) is 3.49. The van der Waals surface area contributed by atoms with Gasteiger partial charge in [-0.15, -0.1) is 0 Å². The van der Waals surface area contributed by atoms with Crippen molar-refractivity contribution in [3.05, 3.63) is 27.7 Å². The average Bonchev–Trinajstić information content (AvgIpc) is 2.19. The monoisotopic (exact) mass is 301 g/mol. The highest BCUT2D eigenvalue weighted by Crippen LogP contribution is 2.32. The normalized spacial score (nSPS) is 15.6. The van der Waals surface area contributed by atoms with Gasteiger partial charge in [0.2, 0.25) is 5.91 Å². The van der Waals surface area contributed by atoms with E-state index < -0.39 is 0 Å². The number of anilines is 1. The van der Waals surface area contributed by atoms with E-state index in [2.05, 4.69) is 21.2 Å². The first kappa shape index (κ1) is 11.9. The van der Waals surface area contributed by atoms with Gasteiger partial charge in [0.1, 0.15) is 0 Å². The molecule has 2 rings (SSSR count). The zero-order valence-corrected chi connectivity index (χ0v) is 11.1. The first-order chi connectivity index (χ1) is 7.66. The molecule has 0 radical (unpaired) electrons. The molecule has 0 bridgehead atoms. The van der Waals surface area contributed by atoms with Gasteiger partial charge in [-0.1, -0.05) is 24.1 Å². The number of benzene rings is 1. The van der Waals surface area contributed by atoms with Gasteiger partial charge in [0.25, 0.3) is 0 Å². The smallest absolute Gasteiger partial charge is 0.224 e. The lowest BCUT2D eigenvalue weighted by atomic mass is 9.83. The van der Waals surface area contributed by atoms with Crippen molar-refractivity contribution < 1.29 is 4.79 Å². The minimum atomic E-state index is 0.0765. The van der Waals surface area contributed by atoms with Crippen LogP contribution in [0.2, 0.25) is 5.02 Å². The molecular formula is C12H13BrClNO. The maximum Gasteiger partial charge on any atom is 0.224 e. The molecule has 86 valence electrons. The van der Waals surface area contributed by atoms with E-state index in [9.17, 15) is 4.79 Å². The Bertz CT molecular complexity index is 404. The summed E-state index contributed by atoms with van der Waals surface area (Å²) in [6.07, 6.45) is 4.26. The van der Waals surface area contributed by atoms with Crippen LogP contribution in [0.4, 0.5) is 5.69 Å². The number of rotatable bonds is 3. The van der Waals surface area contributed by atoms with Crippen LogP contribution in [0, 0.1) is 5.92 Å². The van der Waals surface area contributed by atoms with Crippen molar-refractivity contribution in [3.8, 4) is 0 Å². The molecule has 16 heavy (non-hydrogen) atoms.